The molecule has 0 aliphatic carbocycles. The molecule has 98 valence electrons. The van der Waals surface area contributed by atoms with Crippen molar-refractivity contribution >= 4 is 5.97 Å². The van der Waals surface area contributed by atoms with Crippen molar-refractivity contribution in [1.82, 2.24) is 4.57 Å². The summed E-state index contributed by atoms with van der Waals surface area (Å²) in [6.07, 6.45) is 0. The number of aromatic carboxylic acids is 1. The van der Waals surface area contributed by atoms with Gasteiger partial charge in [0.05, 0.1) is 5.69 Å². The van der Waals surface area contributed by atoms with E-state index in [0.717, 1.165) is 22.8 Å². The van der Waals surface area contributed by atoms with Crippen molar-refractivity contribution < 1.29 is 18.7 Å². The van der Waals surface area contributed by atoms with Crippen LogP contribution in [0, 0.1) is 18.6 Å². The summed E-state index contributed by atoms with van der Waals surface area (Å²) in [5, 5.41) is 8.88. The summed E-state index contributed by atoms with van der Waals surface area (Å²) in [6, 6.07) is 5.15. The lowest BCUT2D eigenvalue weighted by atomic mass is 10.2. The molecule has 1 aromatic carbocycles. The summed E-state index contributed by atoms with van der Waals surface area (Å²) in [6.45, 7) is 1.54. The molecular formula is C13H9F2NO3. The van der Waals surface area contributed by atoms with Crippen molar-refractivity contribution in [1.29, 1.82) is 0 Å². The van der Waals surface area contributed by atoms with E-state index in [1.807, 2.05) is 0 Å². The topological polar surface area (TPSA) is 59.3 Å². The number of pyridine rings is 1. The number of carbonyl (C=O) groups is 1. The predicted octanol–water partition coefficient (Wildman–Crippen LogP) is 2.12. The highest BCUT2D eigenvalue weighted by molar-refractivity contribution is 5.87. The lowest BCUT2D eigenvalue weighted by Crippen LogP contribution is -2.26. The number of carboxylic acid groups (broad SMARTS) is 1. The second-order valence-corrected chi connectivity index (χ2v) is 3.96. The maximum Gasteiger partial charge on any atom is 0.341 e. The number of carboxylic acids is 1. The molecule has 2 rings (SSSR count). The van der Waals surface area contributed by atoms with Gasteiger partial charge in [0.25, 0.3) is 5.56 Å². The molecule has 2 aromatic rings. The van der Waals surface area contributed by atoms with Gasteiger partial charge in [-0.15, -0.1) is 0 Å². The van der Waals surface area contributed by atoms with Gasteiger partial charge < -0.3 is 5.11 Å². The number of hydrogen-bond acceptors (Lipinski definition) is 2. The molecule has 0 aliphatic rings. The highest BCUT2D eigenvalue weighted by Gasteiger charge is 2.14. The molecule has 0 aliphatic heterocycles. The molecule has 0 spiro atoms. The number of nitrogens with zero attached hydrogens (tertiary/aromatic N) is 1. The first-order valence-electron chi connectivity index (χ1n) is 5.32. The van der Waals surface area contributed by atoms with Crippen LogP contribution in [0.15, 0.2) is 35.1 Å². The first kappa shape index (κ1) is 12.9. The quantitative estimate of drug-likeness (QED) is 0.904. The molecule has 1 N–H and O–H groups in total. The number of benzene rings is 1. The number of aromatic nitrogens is 1. The second kappa shape index (κ2) is 4.64. The average Bonchev–Trinajstić information content (AvgIpc) is 2.26. The van der Waals surface area contributed by atoms with Gasteiger partial charge in [0.1, 0.15) is 17.2 Å². The van der Waals surface area contributed by atoms with Crippen LogP contribution in [0.25, 0.3) is 5.69 Å². The summed E-state index contributed by atoms with van der Waals surface area (Å²) < 4.78 is 27.3. The van der Waals surface area contributed by atoms with Gasteiger partial charge in [-0.3, -0.25) is 9.36 Å². The van der Waals surface area contributed by atoms with Crippen LogP contribution in [-0.4, -0.2) is 15.6 Å². The Morgan fingerprint density at radius 3 is 2.26 bits per heavy atom. The Labute approximate surface area is 106 Å². The van der Waals surface area contributed by atoms with Crippen molar-refractivity contribution in [3.8, 4) is 5.69 Å². The van der Waals surface area contributed by atoms with E-state index in [1.54, 1.807) is 0 Å². The van der Waals surface area contributed by atoms with Crippen molar-refractivity contribution in [3.63, 3.8) is 0 Å². The first-order chi connectivity index (χ1) is 8.90. The largest absolute Gasteiger partial charge is 0.477 e. The third kappa shape index (κ3) is 2.37. The summed E-state index contributed by atoms with van der Waals surface area (Å²) in [4.78, 5) is 22.9. The van der Waals surface area contributed by atoms with Crippen LogP contribution < -0.4 is 5.56 Å². The van der Waals surface area contributed by atoms with Crippen molar-refractivity contribution in [3.05, 3.63) is 63.6 Å². The van der Waals surface area contributed by atoms with Gasteiger partial charge in [-0.25, -0.2) is 13.6 Å². The normalized spacial score (nSPS) is 10.5. The summed E-state index contributed by atoms with van der Waals surface area (Å²) >= 11 is 0. The molecule has 1 heterocycles. The smallest absolute Gasteiger partial charge is 0.341 e. The van der Waals surface area contributed by atoms with Gasteiger partial charge in [0, 0.05) is 11.8 Å². The molecule has 0 saturated heterocycles. The molecule has 0 unspecified atom stereocenters. The number of hydrogen-bond donors (Lipinski definition) is 1. The molecular weight excluding hydrogens is 256 g/mol. The minimum absolute atomic E-state index is 0.0527. The van der Waals surface area contributed by atoms with E-state index in [2.05, 4.69) is 0 Å². The Morgan fingerprint density at radius 2 is 1.74 bits per heavy atom. The summed E-state index contributed by atoms with van der Waals surface area (Å²) in [5.41, 5.74) is -0.976. The second-order valence-electron chi connectivity index (χ2n) is 3.96. The number of halogens is 2. The van der Waals surface area contributed by atoms with Gasteiger partial charge in [-0.2, -0.15) is 0 Å². The van der Waals surface area contributed by atoms with Crippen LogP contribution in [0.4, 0.5) is 8.78 Å². The fourth-order valence-electron chi connectivity index (χ4n) is 1.78. The lowest BCUT2D eigenvalue weighted by molar-refractivity contribution is 0.0694. The lowest BCUT2D eigenvalue weighted by Gasteiger charge is -2.11. The molecule has 0 radical (unpaired) electrons. The molecule has 4 nitrogen and oxygen atoms in total. The van der Waals surface area contributed by atoms with Gasteiger partial charge in [-0.1, -0.05) is 0 Å². The highest BCUT2D eigenvalue weighted by Crippen LogP contribution is 2.13. The zero-order valence-electron chi connectivity index (χ0n) is 9.85. The zero-order valence-corrected chi connectivity index (χ0v) is 9.85. The fraction of sp³-hybridized carbons (Fsp3) is 0.0769. The number of aryl methyl sites for hydroxylation is 1. The highest BCUT2D eigenvalue weighted by atomic mass is 19.1. The minimum atomic E-state index is -1.39. The fourth-order valence-corrected chi connectivity index (χ4v) is 1.78. The molecule has 0 atom stereocenters. The molecule has 0 saturated carbocycles. The van der Waals surface area contributed by atoms with E-state index in [4.69, 9.17) is 5.11 Å². The van der Waals surface area contributed by atoms with Crippen LogP contribution in [0.5, 0.6) is 0 Å². The van der Waals surface area contributed by atoms with Crippen molar-refractivity contribution in [2.75, 3.05) is 0 Å². The first-order valence-corrected chi connectivity index (χ1v) is 5.32. The SMILES string of the molecule is Cc1ccc(C(=O)O)c(=O)n1-c1cc(F)cc(F)c1. The number of rotatable bonds is 2. The molecule has 6 heteroatoms. The summed E-state index contributed by atoms with van der Waals surface area (Å²) in [5.74, 6) is -3.08. The average molecular weight is 265 g/mol. The maximum atomic E-state index is 13.2. The molecule has 1 aromatic heterocycles. The van der Waals surface area contributed by atoms with Crippen molar-refractivity contribution in [2.45, 2.75) is 6.92 Å². The standard InChI is InChI=1S/C13H9F2NO3/c1-7-2-3-11(13(18)19)12(17)16(7)10-5-8(14)4-9(15)6-10/h2-6H,1H3,(H,18,19). The summed E-state index contributed by atoms with van der Waals surface area (Å²) in [7, 11) is 0. The van der Waals surface area contributed by atoms with E-state index in [1.165, 1.54) is 13.0 Å². The van der Waals surface area contributed by atoms with Gasteiger partial charge >= 0.3 is 5.97 Å². The van der Waals surface area contributed by atoms with E-state index in [-0.39, 0.29) is 5.69 Å². The zero-order chi connectivity index (χ0) is 14.2. The predicted molar refractivity (Wildman–Crippen MR) is 63.7 cm³/mol. The van der Waals surface area contributed by atoms with E-state index in [0.29, 0.717) is 11.8 Å². The minimum Gasteiger partial charge on any atom is -0.477 e. The Balaban J connectivity index is 2.78. The Kier molecular flexibility index (Phi) is 3.16. The molecule has 0 amide bonds. The van der Waals surface area contributed by atoms with E-state index < -0.39 is 28.7 Å². The van der Waals surface area contributed by atoms with E-state index >= 15 is 0 Å². The van der Waals surface area contributed by atoms with Gasteiger partial charge in [0.2, 0.25) is 0 Å². The van der Waals surface area contributed by atoms with Crippen molar-refractivity contribution in [2.24, 2.45) is 0 Å². The monoisotopic (exact) mass is 265 g/mol. The molecule has 19 heavy (non-hydrogen) atoms. The third-order valence-corrected chi connectivity index (χ3v) is 2.61. The van der Waals surface area contributed by atoms with Crippen LogP contribution in [0.2, 0.25) is 0 Å². The Bertz CT molecular complexity index is 702. The molecule has 0 bridgehead atoms. The van der Waals surface area contributed by atoms with Gasteiger partial charge in [-0.05, 0) is 31.2 Å². The maximum absolute atomic E-state index is 13.2. The van der Waals surface area contributed by atoms with Gasteiger partial charge in [0.15, 0.2) is 0 Å². The Hall–Kier alpha value is -2.50. The Morgan fingerprint density at radius 1 is 1.16 bits per heavy atom. The molecule has 0 fully saturated rings. The van der Waals surface area contributed by atoms with E-state index in [9.17, 15) is 18.4 Å². The van der Waals surface area contributed by atoms with Crippen LogP contribution >= 0.6 is 0 Å². The van der Waals surface area contributed by atoms with Crippen LogP contribution in [0.3, 0.4) is 0 Å². The van der Waals surface area contributed by atoms with Crippen LogP contribution in [0.1, 0.15) is 16.1 Å². The third-order valence-electron chi connectivity index (χ3n) is 2.61. The van der Waals surface area contributed by atoms with Crippen LogP contribution in [-0.2, 0) is 0 Å².